The molecule has 0 amide bonds. The van der Waals surface area contributed by atoms with Crippen LogP contribution in [-0.4, -0.2) is 3.92 Å². The second-order valence-corrected chi connectivity index (χ2v) is 4.45. The fourth-order valence-electron chi connectivity index (χ4n) is 1.38. The molecule has 0 spiro atoms. The number of rotatable bonds is 1. The summed E-state index contributed by atoms with van der Waals surface area (Å²) in [7, 11) is 0. The first kappa shape index (κ1) is 6.84. The van der Waals surface area contributed by atoms with Gasteiger partial charge in [0.25, 0.3) is 0 Å². The molecule has 0 N–H and O–H groups in total. The highest BCUT2D eigenvalue weighted by atomic mass is 127. The molecule has 8 heavy (non-hydrogen) atoms. The van der Waals surface area contributed by atoms with Crippen LogP contribution < -0.4 is 0 Å². The first-order chi connectivity index (χ1) is 3.83. The topological polar surface area (TPSA) is 0 Å². The van der Waals surface area contributed by atoms with Gasteiger partial charge in [0, 0.05) is 3.92 Å². The molecule has 2 atom stereocenters. The summed E-state index contributed by atoms with van der Waals surface area (Å²) in [5, 5.41) is 0. The van der Waals surface area contributed by atoms with Crippen molar-refractivity contribution < 1.29 is 0 Å². The molecular weight excluding hydrogens is 211 g/mol. The first-order valence-electron chi connectivity index (χ1n) is 3.47. The Bertz CT molecular complexity index is 70.8. The fourth-order valence-corrected chi connectivity index (χ4v) is 2.46. The maximum absolute atomic E-state index is 2.57. The van der Waals surface area contributed by atoms with Gasteiger partial charge in [-0.2, -0.15) is 0 Å². The van der Waals surface area contributed by atoms with Crippen LogP contribution in [0, 0.1) is 5.92 Å². The zero-order valence-electron chi connectivity index (χ0n) is 5.36. The fraction of sp³-hybridized carbons (Fsp3) is 1.00. The number of halogens is 1. The van der Waals surface area contributed by atoms with E-state index in [1.807, 2.05) is 0 Å². The van der Waals surface area contributed by atoms with Crippen molar-refractivity contribution in [3.8, 4) is 0 Å². The summed E-state index contributed by atoms with van der Waals surface area (Å²) in [6, 6.07) is 0. The summed E-state index contributed by atoms with van der Waals surface area (Å²) in [6.07, 6.45) is 5.85. The van der Waals surface area contributed by atoms with Crippen LogP contribution in [-0.2, 0) is 0 Å². The Morgan fingerprint density at radius 3 is 2.50 bits per heavy atom. The average molecular weight is 224 g/mol. The standard InChI is InChI=1S/C7H13I/c1-2-6-3-4-7(8)5-6/h6-7H,2-5H2,1H3/t6-,7+/m0/s1. The zero-order valence-corrected chi connectivity index (χ0v) is 7.52. The summed E-state index contributed by atoms with van der Waals surface area (Å²) >= 11 is 2.57. The van der Waals surface area contributed by atoms with E-state index in [0.29, 0.717) is 0 Å². The van der Waals surface area contributed by atoms with Gasteiger partial charge in [-0.3, -0.25) is 0 Å². The lowest BCUT2D eigenvalue weighted by molar-refractivity contribution is 0.533. The lowest BCUT2D eigenvalue weighted by atomic mass is 10.1. The smallest absolute Gasteiger partial charge is 0.0112 e. The highest BCUT2D eigenvalue weighted by molar-refractivity contribution is 14.1. The van der Waals surface area contributed by atoms with Gasteiger partial charge in [-0.15, -0.1) is 0 Å². The Kier molecular flexibility index (Phi) is 2.60. The molecule has 0 saturated heterocycles. The maximum atomic E-state index is 2.57. The van der Waals surface area contributed by atoms with Crippen molar-refractivity contribution in [2.24, 2.45) is 5.92 Å². The van der Waals surface area contributed by atoms with E-state index in [0.717, 1.165) is 9.84 Å². The largest absolute Gasteiger partial charge is 0.0826 e. The van der Waals surface area contributed by atoms with E-state index < -0.39 is 0 Å². The van der Waals surface area contributed by atoms with Crippen LogP contribution in [0.4, 0.5) is 0 Å². The first-order valence-corrected chi connectivity index (χ1v) is 4.71. The summed E-state index contributed by atoms with van der Waals surface area (Å²) < 4.78 is 0.998. The van der Waals surface area contributed by atoms with Crippen molar-refractivity contribution in [3.05, 3.63) is 0 Å². The minimum Gasteiger partial charge on any atom is -0.0826 e. The summed E-state index contributed by atoms with van der Waals surface area (Å²) in [6.45, 7) is 2.30. The summed E-state index contributed by atoms with van der Waals surface area (Å²) in [5.41, 5.74) is 0. The van der Waals surface area contributed by atoms with Crippen molar-refractivity contribution in [3.63, 3.8) is 0 Å². The van der Waals surface area contributed by atoms with Gasteiger partial charge in [0.2, 0.25) is 0 Å². The van der Waals surface area contributed by atoms with Gasteiger partial charge < -0.3 is 0 Å². The van der Waals surface area contributed by atoms with Crippen LogP contribution >= 0.6 is 22.6 Å². The quantitative estimate of drug-likeness (QED) is 0.474. The molecule has 0 nitrogen and oxygen atoms in total. The second-order valence-electron chi connectivity index (χ2n) is 2.68. The predicted molar refractivity (Wildman–Crippen MR) is 45.4 cm³/mol. The molecule has 0 bridgehead atoms. The average Bonchev–Trinajstić information content (AvgIpc) is 2.14. The summed E-state index contributed by atoms with van der Waals surface area (Å²) in [4.78, 5) is 0. The molecule has 0 heterocycles. The van der Waals surface area contributed by atoms with Crippen LogP contribution in [0.3, 0.4) is 0 Å². The molecule has 0 aromatic carbocycles. The Morgan fingerprint density at radius 2 is 2.25 bits per heavy atom. The Morgan fingerprint density at radius 1 is 1.50 bits per heavy atom. The minimum atomic E-state index is 0.998. The number of hydrogen-bond donors (Lipinski definition) is 0. The molecular formula is C7H13I. The van der Waals surface area contributed by atoms with E-state index in [1.54, 1.807) is 0 Å². The zero-order chi connectivity index (χ0) is 5.98. The van der Waals surface area contributed by atoms with E-state index in [1.165, 1.54) is 25.7 Å². The molecule has 1 aliphatic rings. The van der Waals surface area contributed by atoms with E-state index in [4.69, 9.17) is 0 Å². The molecule has 1 rings (SSSR count). The van der Waals surface area contributed by atoms with Gasteiger partial charge in [0.15, 0.2) is 0 Å². The van der Waals surface area contributed by atoms with E-state index in [9.17, 15) is 0 Å². The lowest BCUT2D eigenvalue weighted by Crippen LogP contribution is -1.91. The lowest BCUT2D eigenvalue weighted by Gasteiger charge is -2.01. The molecule has 0 aliphatic heterocycles. The van der Waals surface area contributed by atoms with Crippen LogP contribution in [0.15, 0.2) is 0 Å². The van der Waals surface area contributed by atoms with Crippen molar-refractivity contribution >= 4 is 22.6 Å². The van der Waals surface area contributed by atoms with Crippen molar-refractivity contribution in [1.82, 2.24) is 0 Å². The number of alkyl halides is 1. The van der Waals surface area contributed by atoms with E-state index in [-0.39, 0.29) is 0 Å². The van der Waals surface area contributed by atoms with Crippen LogP contribution in [0.2, 0.25) is 0 Å². The van der Waals surface area contributed by atoms with Crippen molar-refractivity contribution in [1.29, 1.82) is 0 Å². The molecule has 48 valence electrons. The molecule has 0 aromatic rings. The SMILES string of the molecule is CC[C@H]1CC[C@@H](I)C1. The molecule has 0 unspecified atom stereocenters. The molecule has 1 fully saturated rings. The molecule has 0 radical (unpaired) electrons. The van der Waals surface area contributed by atoms with E-state index in [2.05, 4.69) is 29.5 Å². The van der Waals surface area contributed by atoms with Gasteiger partial charge in [0.05, 0.1) is 0 Å². The van der Waals surface area contributed by atoms with Gasteiger partial charge >= 0.3 is 0 Å². The third-order valence-corrected chi connectivity index (χ3v) is 3.19. The third kappa shape index (κ3) is 1.61. The Hall–Kier alpha value is 0.730. The minimum absolute atomic E-state index is 0.998. The Labute approximate surface area is 65.2 Å². The molecule has 1 saturated carbocycles. The second kappa shape index (κ2) is 3.04. The normalized spacial score (nSPS) is 38.2. The highest BCUT2D eigenvalue weighted by Crippen LogP contribution is 2.32. The predicted octanol–water partition coefficient (Wildman–Crippen LogP) is 3.00. The Balaban J connectivity index is 2.22. The molecule has 1 aliphatic carbocycles. The third-order valence-electron chi connectivity index (χ3n) is 2.05. The van der Waals surface area contributed by atoms with Crippen LogP contribution in [0.5, 0.6) is 0 Å². The maximum Gasteiger partial charge on any atom is 0.0112 e. The van der Waals surface area contributed by atoms with Gasteiger partial charge in [0.1, 0.15) is 0 Å². The van der Waals surface area contributed by atoms with Crippen molar-refractivity contribution in [2.75, 3.05) is 0 Å². The number of hydrogen-bond acceptors (Lipinski definition) is 0. The summed E-state index contributed by atoms with van der Waals surface area (Å²) in [5.74, 6) is 1.07. The van der Waals surface area contributed by atoms with Gasteiger partial charge in [-0.1, -0.05) is 35.9 Å². The van der Waals surface area contributed by atoms with Crippen LogP contribution in [0.1, 0.15) is 32.6 Å². The molecule has 0 aromatic heterocycles. The van der Waals surface area contributed by atoms with E-state index >= 15 is 0 Å². The monoisotopic (exact) mass is 224 g/mol. The molecule has 1 heteroatoms. The van der Waals surface area contributed by atoms with Gasteiger partial charge in [-0.05, 0) is 25.2 Å². The van der Waals surface area contributed by atoms with Crippen LogP contribution in [0.25, 0.3) is 0 Å². The highest BCUT2D eigenvalue weighted by Gasteiger charge is 2.19. The van der Waals surface area contributed by atoms with Crippen molar-refractivity contribution in [2.45, 2.75) is 36.5 Å². The van der Waals surface area contributed by atoms with Gasteiger partial charge in [-0.25, -0.2) is 0 Å².